The Morgan fingerprint density at radius 1 is 1.33 bits per heavy atom. The number of nitrogens with one attached hydrogen (secondary N) is 1. The van der Waals surface area contributed by atoms with E-state index < -0.39 is 0 Å². The van der Waals surface area contributed by atoms with Crippen molar-refractivity contribution >= 4 is 11.6 Å². The summed E-state index contributed by atoms with van der Waals surface area (Å²) in [4.78, 5) is 11.8. The lowest BCUT2D eigenvalue weighted by Gasteiger charge is -2.10. The van der Waals surface area contributed by atoms with E-state index in [4.69, 9.17) is 0 Å². The summed E-state index contributed by atoms with van der Waals surface area (Å²) in [5.74, 6) is 0.366. The molecule has 1 aliphatic rings. The first kappa shape index (κ1) is 11.0. The number of carbonyl (C=O) groups is 1. The fourth-order valence-corrected chi connectivity index (χ4v) is 1.93. The lowest BCUT2D eigenvalue weighted by atomic mass is 10.1. The molecule has 1 fully saturated rings. The standard InChI is InChI=1S/C14H15N3O/c18-14(11-6-7-11)16-13-5-2-1-4-12(13)10-17-9-3-8-15-17/h1-5,8-9,11H,6-7,10H2,(H,16,18). The molecule has 0 aliphatic heterocycles. The van der Waals surface area contributed by atoms with Gasteiger partial charge in [0.15, 0.2) is 0 Å². The van der Waals surface area contributed by atoms with Crippen molar-refractivity contribution in [1.82, 2.24) is 9.78 Å². The number of amides is 1. The summed E-state index contributed by atoms with van der Waals surface area (Å²) < 4.78 is 1.85. The Morgan fingerprint density at radius 2 is 2.17 bits per heavy atom. The van der Waals surface area contributed by atoms with E-state index in [1.54, 1.807) is 6.20 Å². The molecular formula is C14H15N3O. The molecule has 0 saturated heterocycles. The number of benzene rings is 1. The fraction of sp³-hybridized carbons (Fsp3) is 0.286. The third-order valence-electron chi connectivity index (χ3n) is 3.11. The zero-order valence-corrected chi connectivity index (χ0v) is 10.0. The molecule has 0 atom stereocenters. The van der Waals surface area contributed by atoms with Gasteiger partial charge in [-0.25, -0.2) is 0 Å². The summed E-state index contributed by atoms with van der Waals surface area (Å²) >= 11 is 0. The van der Waals surface area contributed by atoms with Gasteiger partial charge >= 0.3 is 0 Å². The van der Waals surface area contributed by atoms with E-state index in [-0.39, 0.29) is 11.8 Å². The smallest absolute Gasteiger partial charge is 0.227 e. The summed E-state index contributed by atoms with van der Waals surface area (Å²) in [6, 6.07) is 9.77. The van der Waals surface area contributed by atoms with E-state index in [0.29, 0.717) is 6.54 Å². The van der Waals surface area contributed by atoms with Crippen LogP contribution in [0.4, 0.5) is 5.69 Å². The van der Waals surface area contributed by atoms with Crippen LogP contribution in [0.2, 0.25) is 0 Å². The maximum absolute atomic E-state index is 11.8. The highest BCUT2D eigenvalue weighted by atomic mass is 16.2. The number of carbonyl (C=O) groups excluding carboxylic acids is 1. The first-order valence-corrected chi connectivity index (χ1v) is 6.19. The summed E-state index contributed by atoms with van der Waals surface area (Å²) in [6.07, 6.45) is 5.71. The highest BCUT2D eigenvalue weighted by Gasteiger charge is 2.29. The van der Waals surface area contributed by atoms with Crippen molar-refractivity contribution in [1.29, 1.82) is 0 Å². The second-order valence-corrected chi connectivity index (χ2v) is 4.62. The van der Waals surface area contributed by atoms with Crippen LogP contribution < -0.4 is 5.32 Å². The van der Waals surface area contributed by atoms with Crippen LogP contribution in [0, 0.1) is 5.92 Å². The molecule has 0 radical (unpaired) electrons. The zero-order chi connectivity index (χ0) is 12.4. The molecule has 1 saturated carbocycles. The quantitative estimate of drug-likeness (QED) is 0.892. The molecule has 1 N–H and O–H groups in total. The second kappa shape index (κ2) is 4.64. The van der Waals surface area contributed by atoms with Crippen LogP contribution in [0.5, 0.6) is 0 Å². The van der Waals surface area contributed by atoms with Crippen molar-refractivity contribution in [3.63, 3.8) is 0 Å². The van der Waals surface area contributed by atoms with Gasteiger partial charge in [0.2, 0.25) is 5.91 Å². The van der Waals surface area contributed by atoms with Crippen LogP contribution in [0.25, 0.3) is 0 Å². The normalized spacial score (nSPS) is 14.4. The predicted molar refractivity (Wildman–Crippen MR) is 69.1 cm³/mol. The van der Waals surface area contributed by atoms with Crippen molar-refractivity contribution in [2.75, 3.05) is 5.32 Å². The van der Waals surface area contributed by atoms with E-state index in [1.165, 1.54) is 0 Å². The number of hydrogen-bond acceptors (Lipinski definition) is 2. The molecule has 4 heteroatoms. The van der Waals surface area contributed by atoms with Gasteiger partial charge in [0.05, 0.1) is 6.54 Å². The van der Waals surface area contributed by atoms with E-state index in [0.717, 1.165) is 24.1 Å². The van der Waals surface area contributed by atoms with E-state index >= 15 is 0 Å². The van der Waals surface area contributed by atoms with E-state index in [9.17, 15) is 4.79 Å². The third-order valence-corrected chi connectivity index (χ3v) is 3.11. The van der Waals surface area contributed by atoms with Gasteiger partial charge in [-0.15, -0.1) is 0 Å². The first-order chi connectivity index (χ1) is 8.83. The molecule has 0 unspecified atom stereocenters. The minimum atomic E-state index is 0.142. The lowest BCUT2D eigenvalue weighted by Crippen LogP contribution is -2.15. The Hall–Kier alpha value is -2.10. The molecule has 1 heterocycles. The molecule has 1 aromatic heterocycles. The van der Waals surface area contributed by atoms with Crippen LogP contribution in [0.3, 0.4) is 0 Å². The summed E-state index contributed by atoms with van der Waals surface area (Å²) in [7, 11) is 0. The van der Waals surface area contributed by atoms with Crippen LogP contribution in [-0.2, 0) is 11.3 Å². The van der Waals surface area contributed by atoms with Crippen molar-refractivity contribution in [3.8, 4) is 0 Å². The van der Waals surface area contributed by atoms with Gasteiger partial charge in [0.1, 0.15) is 0 Å². The second-order valence-electron chi connectivity index (χ2n) is 4.62. The predicted octanol–water partition coefficient (Wildman–Crippen LogP) is 2.28. The van der Waals surface area contributed by atoms with Gasteiger partial charge in [-0.05, 0) is 30.5 Å². The first-order valence-electron chi connectivity index (χ1n) is 6.19. The highest BCUT2D eigenvalue weighted by molar-refractivity contribution is 5.94. The number of para-hydroxylation sites is 1. The lowest BCUT2D eigenvalue weighted by molar-refractivity contribution is -0.117. The largest absolute Gasteiger partial charge is 0.326 e. The number of hydrogen-bond donors (Lipinski definition) is 1. The van der Waals surface area contributed by atoms with E-state index in [1.807, 2.05) is 41.2 Å². The molecule has 18 heavy (non-hydrogen) atoms. The Kier molecular flexibility index (Phi) is 2.84. The maximum atomic E-state index is 11.8. The number of rotatable bonds is 4. The average Bonchev–Trinajstić information content (AvgIpc) is 3.11. The molecule has 1 aliphatic carbocycles. The average molecular weight is 241 g/mol. The van der Waals surface area contributed by atoms with Crippen LogP contribution >= 0.6 is 0 Å². The SMILES string of the molecule is O=C(Nc1ccccc1Cn1cccn1)C1CC1. The molecule has 2 aromatic rings. The molecule has 1 amide bonds. The molecular weight excluding hydrogens is 226 g/mol. The Morgan fingerprint density at radius 3 is 2.89 bits per heavy atom. The zero-order valence-electron chi connectivity index (χ0n) is 10.0. The van der Waals surface area contributed by atoms with Gasteiger partial charge in [-0.2, -0.15) is 5.10 Å². The number of nitrogens with zero attached hydrogens (tertiary/aromatic N) is 2. The minimum absolute atomic E-state index is 0.142. The highest BCUT2D eigenvalue weighted by Crippen LogP contribution is 2.30. The molecule has 0 bridgehead atoms. The fourth-order valence-electron chi connectivity index (χ4n) is 1.93. The monoisotopic (exact) mass is 241 g/mol. The van der Waals surface area contributed by atoms with Crippen LogP contribution in [0.1, 0.15) is 18.4 Å². The topological polar surface area (TPSA) is 46.9 Å². The minimum Gasteiger partial charge on any atom is -0.326 e. The summed E-state index contributed by atoms with van der Waals surface area (Å²) in [5.41, 5.74) is 1.97. The van der Waals surface area contributed by atoms with Crippen molar-refractivity contribution < 1.29 is 4.79 Å². The van der Waals surface area contributed by atoms with Crippen LogP contribution in [-0.4, -0.2) is 15.7 Å². The molecule has 0 spiro atoms. The van der Waals surface area contributed by atoms with Crippen molar-refractivity contribution in [3.05, 3.63) is 48.3 Å². The molecule has 92 valence electrons. The van der Waals surface area contributed by atoms with Gasteiger partial charge in [-0.3, -0.25) is 9.48 Å². The van der Waals surface area contributed by atoms with Gasteiger partial charge in [0, 0.05) is 24.0 Å². The van der Waals surface area contributed by atoms with Gasteiger partial charge in [-0.1, -0.05) is 18.2 Å². The Bertz CT molecular complexity index is 544. The number of anilines is 1. The third kappa shape index (κ3) is 2.42. The Balaban J connectivity index is 1.78. The summed E-state index contributed by atoms with van der Waals surface area (Å²) in [6.45, 7) is 0.675. The van der Waals surface area contributed by atoms with Gasteiger partial charge in [0.25, 0.3) is 0 Å². The van der Waals surface area contributed by atoms with Crippen molar-refractivity contribution in [2.45, 2.75) is 19.4 Å². The molecule has 4 nitrogen and oxygen atoms in total. The Labute approximate surface area is 106 Å². The molecule has 3 rings (SSSR count). The van der Waals surface area contributed by atoms with E-state index in [2.05, 4.69) is 10.4 Å². The maximum Gasteiger partial charge on any atom is 0.227 e. The van der Waals surface area contributed by atoms with Crippen LogP contribution in [0.15, 0.2) is 42.7 Å². The van der Waals surface area contributed by atoms with Gasteiger partial charge < -0.3 is 5.32 Å². The molecule has 1 aromatic carbocycles. The van der Waals surface area contributed by atoms with Crippen molar-refractivity contribution in [2.24, 2.45) is 5.92 Å². The number of aromatic nitrogens is 2. The summed E-state index contributed by atoms with van der Waals surface area (Å²) in [5, 5.41) is 7.19.